The SMILES string of the molecule is BrCCOCCBr.Brc1ccc2c(c1)CCC21CCOCC1.CC(=O)N1CC2(CCOCC2)c2ccc(Br)cc21.CCN(c1cc(-c2ccc3c(c2)N(C(C)=O)CC32CCOCC2)cc(C(=O)NCc2c(OC)cc(C)[nH]c2=O)c1C)C1CCOCC1.O=C1Cc2cc(Br)ccc2C12CCOCC2.O=C1Cc2ccc(Br)cc2C1. The predicted octanol–water partition coefficient (Wildman–Crippen LogP) is 17.9. The van der Waals surface area contributed by atoms with Crippen LogP contribution in [0, 0.1) is 13.8 Å². The minimum absolute atomic E-state index is 0.0201. The van der Waals surface area contributed by atoms with Crippen LogP contribution in [0.1, 0.15) is 163 Å². The Hall–Kier alpha value is -5.74. The number of ketones is 2. The van der Waals surface area contributed by atoms with E-state index in [2.05, 4.69) is 191 Å². The third kappa shape index (κ3) is 20.1. The van der Waals surface area contributed by atoms with Crippen molar-refractivity contribution in [3.8, 4) is 16.9 Å². The largest absolute Gasteiger partial charge is 0.496 e. The van der Waals surface area contributed by atoms with Crippen molar-refractivity contribution in [2.75, 3.05) is 131 Å². The Labute approximate surface area is 721 Å². The van der Waals surface area contributed by atoms with Gasteiger partial charge in [-0.2, -0.15) is 0 Å². The van der Waals surface area contributed by atoms with E-state index in [1.54, 1.807) is 38.0 Å². The third-order valence-corrected chi connectivity index (χ3v) is 27.2. The number of fused-ring (bicyclic) bond motifs is 9. The molecule has 114 heavy (non-hydrogen) atoms. The van der Waals surface area contributed by atoms with Gasteiger partial charge in [0.05, 0.1) is 37.8 Å². The number of halogens is 6. The fraction of sp³-hybridized carbons (Fsp3) is 0.489. The summed E-state index contributed by atoms with van der Waals surface area (Å²) in [5.41, 5.74) is 17.7. The Kier molecular flexibility index (Phi) is 30.6. The summed E-state index contributed by atoms with van der Waals surface area (Å²) in [5.74, 6) is 1.02. The minimum atomic E-state index is -0.291. The number of methoxy groups -OCH3 is 1. The molecule has 3 aliphatic carbocycles. The number of aryl methyl sites for hydroxylation is 2. The molecule has 10 aliphatic rings. The number of H-pyrrole nitrogens is 1. The molecule has 0 radical (unpaired) electrons. The summed E-state index contributed by atoms with van der Waals surface area (Å²) in [7, 11) is 1.52. The minimum Gasteiger partial charge on any atom is -0.496 e. The normalized spacial score (nSPS) is 18.7. The molecule has 0 saturated carbocycles. The fourth-order valence-corrected chi connectivity index (χ4v) is 20.4. The van der Waals surface area contributed by atoms with E-state index in [4.69, 9.17) is 33.2 Å². The number of carbonyl (C=O) groups excluding carboxylic acids is 5. The lowest BCUT2D eigenvalue weighted by molar-refractivity contribution is -0.126. The Morgan fingerprint density at radius 1 is 0.544 bits per heavy atom. The molecule has 8 heterocycles. The lowest BCUT2D eigenvalue weighted by Crippen LogP contribution is -2.40. The molecule has 7 aromatic rings. The van der Waals surface area contributed by atoms with Crippen LogP contribution in [-0.2, 0) is 101 Å². The molecule has 7 aliphatic heterocycles. The lowest BCUT2D eigenvalue weighted by Gasteiger charge is -2.37. The van der Waals surface area contributed by atoms with Crippen molar-refractivity contribution < 1.29 is 57.1 Å². The van der Waals surface area contributed by atoms with Crippen molar-refractivity contribution in [2.45, 2.75) is 165 Å². The molecule has 2 N–H and O–H groups in total. The zero-order valence-electron chi connectivity index (χ0n) is 66.2. The molecule has 5 fully saturated rings. The van der Waals surface area contributed by atoms with Crippen LogP contribution in [0.4, 0.5) is 17.1 Å². The van der Waals surface area contributed by atoms with Gasteiger partial charge in [-0.05, 0) is 232 Å². The number of amides is 3. The Balaban J connectivity index is 0.000000145. The first-order valence-electron chi connectivity index (χ1n) is 39.9. The van der Waals surface area contributed by atoms with E-state index in [1.807, 2.05) is 47.1 Å². The summed E-state index contributed by atoms with van der Waals surface area (Å²) in [6.45, 7) is 20.7. The molecule has 4 spiro atoms. The Morgan fingerprint density at radius 3 is 1.61 bits per heavy atom. The van der Waals surface area contributed by atoms with Crippen LogP contribution in [-0.4, -0.2) is 157 Å². The van der Waals surface area contributed by atoms with Crippen molar-refractivity contribution >= 4 is 142 Å². The van der Waals surface area contributed by atoms with E-state index in [0.717, 1.165) is 162 Å². The van der Waals surface area contributed by atoms with Gasteiger partial charge < -0.3 is 58.2 Å². The molecule has 0 unspecified atom stereocenters. The first-order valence-corrected chi connectivity index (χ1v) is 45.3. The van der Waals surface area contributed by atoms with Gasteiger partial charge >= 0.3 is 0 Å². The van der Waals surface area contributed by atoms with E-state index in [-0.39, 0.29) is 52.1 Å². The summed E-state index contributed by atoms with van der Waals surface area (Å²) >= 11 is 20.4. The summed E-state index contributed by atoms with van der Waals surface area (Å²) in [5, 5.41) is 4.85. The molecule has 610 valence electrons. The van der Waals surface area contributed by atoms with Crippen molar-refractivity contribution in [3.05, 3.63) is 204 Å². The number of aromatic nitrogens is 1. The molecule has 3 amide bonds. The standard InChI is InChI=1S/C37H46N4O6.C14H16BrNO2.C13H13BrO2.C13H15BrO.C9H7BrO.C4H8Br2O/c1-6-40(28-9-13-46-14-10-28)32-20-27(18-29(24(32)3)35(43)38-21-30-34(45-5)17-23(2)39-36(30)44)26-7-8-31-33(19-26)41(25(4)42)22-37(31)11-15-47-16-12-37;1-10(17)16-9-14(4-6-18-7-5-14)12-3-2-11(15)8-13(12)16;14-10-1-2-11-9(7-10)8-12(15)13(11)3-5-16-6-4-13;14-11-1-2-12-10(9-11)3-4-13(12)5-7-15-8-6-13;10-8-2-1-6-4-9(11)5-7(6)3-8;5-1-3-7-4-2-6/h7-8,17-20,28H,6,9-16,21-22H2,1-5H3,(H,38,43)(H,39,44);2-3,8H,4-7,9H2,1H3;1-2,7H,3-6,8H2;1-2,9H,3-8H2;1-3H,4-5H2;1-4H2. The van der Waals surface area contributed by atoms with Gasteiger partial charge in [0.2, 0.25) is 11.8 Å². The number of alkyl halides is 2. The molecule has 5 saturated heterocycles. The van der Waals surface area contributed by atoms with E-state index in [9.17, 15) is 28.8 Å². The van der Waals surface area contributed by atoms with E-state index >= 15 is 0 Å². The average molecular weight is 1940 g/mol. The number of ether oxygens (including phenoxy) is 7. The second-order valence-electron chi connectivity index (χ2n) is 31.3. The number of hydrogen-bond donors (Lipinski definition) is 2. The predicted molar refractivity (Wildman–Crippen MR) is 470 cm³/mol. The highest BCUT2D eigenvalue weighted by molar-refractivity contribution is 9.11. The van der Waals surface area contributed by atoms with Crippen LogP contribution in [0.25, 0.3) is 11.1 Å². The first-order chi connectivity index (χ1) is 55.0. The number of hydrogen-bond acceptors (Lipinski definition) is 14. The van der Waals surface area contributed by atoms with Gasteiger partial charge in [0.1, 0.15) is 17.3 Å². The highest BCUT2D eigenvalue weighted by Gasteiger charge is 2.49. The summed E-state index contributed by atoms with van der Waals surface area (Å²) < 4.78 is 42.6. The molecule has 24 heteroatoms. The topological polar surface area (TPSA) is 205 Å². The van der Waals surface area contributed by atoms with Crippen molar-refractivity contribution in [3.63, 3.8) is 0 Å². The number of Topliss-reactive ketones (excluding diaryl/α,β-unsaturated/α-hetero) is 2. The van der Waals surface area contributed by atoms with Gasteiger partial charge in [0.25, 0.3) is 11.5 Å². The smallest absolute Gasteiger partial charge is 0.256 e. The van der Waals surface area contributed by atoms with Crippen LogP contribution in [0.5, 0.6) is 5.75 Å². The molecule has 0 atom stereocenters. The van der Waals surface area contributed by atoms with Crippen LogP contribution in [0.3, 0.4) is 0 Å². The molecular formula is C90H105Br6N5O13. The van der Waals surface area contributed by atoms with Gasteiger partial charge in [-0.3, -0.25) is 28.8 Å². The quantitative estimate of drug-likeness (QED) is 0.0863. The Bertz CT molecular complexity index is 4670. The Morgan fingerprint density at radius 2 is 1.04 bits per heavy atom. The van der Waals surface area contributed by atoms with Gasteiger partial charge in [0.15, 0.2) is 0 Å². The van der Waals surface area contributed by atoms with Crippen molar-refractivity contribution in [1.82, 2.24) is 10.3 Å². The number of nitrogens with zero attached hydrogens (tertiary/aromatic N) is 3. The number of nitrogens with one attached hydrogen (secondary N) is 2. The highest BCUT2D eigenvalue weighted by atomic mass is 79.9. The van der Waals surface area contributed by atoms with Gasteiger partial charge in [-0.25, -0.2) is 0 Å². The second-order valence-corrected chi connectivity index (χ2v) is 36.5. The van der Waals surface area contributed by atoms with Gasteiger partial charge in [-0.15, -0.1) is 0 Å². The molecule has 6 aromatic carbocycles. The first kappa shape index (κ1) is 87.6. The number of pyridine rings is 1. The number of benzene rings is 6. The maximum atomic E-state index is 14.0. The molecule has 0 bridgehead atoms. The summed E-state index contributed by atoms with van der Waals surface area (Å²) in [6, 6.07) is 37.9. The molecule has 17 rings (SSSR count). The van der Waals surface area contributed by atoms with Gasteiger partial charge in [-0.1, -0.05) is 132 Å². The van der Waals surface area contributed by atoms with Crippen LogP contribution in [0.2, 0.25) is 0 Å². The van der Waals surface area contributed by atoms with Gasteiger partial charge in [0, 0.05) is 198 Å². The summed E-state index contributed by atoms with van der Waals surface area (Å²) in [4.78, 5) is 83.7. The zero-order valence-corrected chi connectivity index (χ0v) is 75.7. The average Bonchev–Trinajstić information content (AvgIpc) is 1.53. The zero-order chi connectivity index (χ0) is 80.9. The van der Waals surface area contributed by atoms with E-state index in [1.165, 1.54) is 70.6 Å². The van der Waals surface area contributed by atoms with Crippen LogP contribution < -0.4 is 30.3 Å². The fourth-order valence-electron chi connectivity index (χ4n) is 18.4. The second kappa shape index (κ2) is 39.9. The number of carbonyl (C=O) groups is 5. The molecular weight excluding hydrogens is 1840 g/mol. The van der Waals surface area contributed by atoms with Crippen molar-refractivity contribution in [2.24, 2.45) is 0 Å². The van der Waals surface area contributed by atoms with E-state index < -0.39 is 0 Å². The van der Waals surface area contributed by atoms with Crippen molar-refractivity contribution in [1.29, 1.82) is 0 Å². The molecule has 18 nitrogen and oxygen atoms in total. The number of rotatable bonds is 12. The maximum Gasteiger partial charge on any atom is 0.256 e. The third-order valence-electron chi connectivity index (χ3n) is 24.5. The number of anilines is 3. The lowest BCUT2D eigenvalue weighted by atomic mass is 9.74. The van der Waals surface area contributed by atoms with Crippen LogP contribution >= 0.6 is 95.6 Å². The monoisotopic (exact) mass is 1940 g/mol. The maximum absolute atomic E-state index is 14.0. The summed E-state index contributed by atoms with van der Waals surface area (Å²) in [6.07, 6.45) is 14.1. The van der Waals surface area contributed by atoms with E-state index in [0.29, 0.717) is 105 Å². The number of aromatic amines is 1. The van der Waals surface area contributed by atoms with Crippen LogP contribution in [0.15, 0.2) is 132 Å². The highest BCUT2D eigenvalue weighted by Crippen LogP contribution is 2.52. The molecule has 1 aromatic heterocycles.